The van der Waals surface area contributed by atoms with E-state index < -0.39 is 11.0 Å². The van der Waals surface area contributed by atoms with Gasteiger partial charge in [-0.2, -0.15) is 5.10 Å². The molecule has 2 heterocycles. The molecule has 1 unspecified atom stereocenters. The van der Waals surface area contributed by atoms with Crippen LogP contribution >= 0.6 is 0 Å². The minimum absolute atomic E-state index is 0.151. The maximum atomic E-state index is 13.0. The van der Waals surface area contributed by atoms with Crippen LogP contribution in [0.4, 0.5) is 0 Å². The second-order valence-electron chi connectivity index (χ2n) is 6.40. The SMILES string of the molecule is CCC(CC)(CN)C(=O)N1CCOC(C)(c2cnn(C)c2)C1. The summed E-state index contributed by atoms with van der Waals surface area (Å²) in [5, 5.41) is 4.22. The van der Waals surface area contributed by atoms with Crippen molar-refractivity contribution >= 4 is 5.91 Å². The number of hydrogen-bond donors (Lipinski definition) is 1. The van der Waals surface area contributed by atoms with Gasteiger partial charge in [0, 0.05) is 31.9 Å². The van der Waals surface area contributed by atoms with Crippen molar-refractivity contribution in [3.05, 3.63) is 18.0 Å². The average molecular weight is 308 g/mol. The third kappa shape index (κ3) is 2.90. The zero-order valence-electron chi connectivity index (χ0n) is 14.1. The number of nitrogens with two attached hydrogens (primary N) is 1. The van der Waals surface area contributed by atoms with Crippen LogP contribution in [0.2, 0.25) is 0 Å². The van der Waals surface area contributed by atoms with Crippen molar-refractivity contribution in [1.82, 2.24) is 14.7 Å². The van der Waals surface area contributed by atoms with Gasteiger partial charge in [-0.15, -0.1) is 0 Å². The molecular weight excluding hydrogens is 280 g/mol. The summed E-state index contributed by atoms with van der Waals surface area (Å²) in [4.78, 5) is 14.9. The first-order chi connectivity index (χ1) is 10.4. The summed E-state index contributed by atoms with van der Waals surface area (Å²) in [5.74, 6) is 0.151. The van der Waals surface area contributed by atoms with Gasteiger partial charge in [-0.1, -0.05) is 13.8 Å². The summed E-state index contributed by atoms with van der Waals surface area (Å²) in [6, 6.07) is 0. The topological polar surface area (TPSA) is 73.4 Å². The van der Waals surface area contributed by atoms with Crippen LogP contribution in [0.3, 0.4) is 0 Å². The number of rotatable bonds is 5. The molecule has 0 saturated carbocycles. The van der Waals surface area contributed by atoms with E-state index in [2.05, 4.69) is 5.10 Å². The molecule has 0 aromatic carbocycles. The lowest BCUT2D eigenvalue weighted by Gasteiger charge is -2.43. The van der Waals surface area contributed by atoms with Crippen molar-refractivity contribution in [1.29, 1.82) is 0 Å². The Hall–Kier alpha value is -1.40. The van der Waals surface area contributed by atoms with Crippen molar-refractivity contribution in [2.24, 2.45) is 18.2 Å². The Balaban J connectivity index is 2.21. The molecule has 1 fully saturated rings. The fourth-order valence-electron chi connectivity index (χ4n) is 3.18. The number of carbonyl (C=O) groups excluding carboxylic acids is 1. The summed E-state index contributed by atoms with van der Waals surface area (Å²) >= 11 is 0. The van der Waals surface area contributed by atoms with Crippen molar-refractivity contribution < 1.29 is 9.53 Å². The minimum Gasteiger partial charge on any atom is -0.367 e. The van der Waals surface area contributed by atoms with Crippen LogP contribution in [0.25, 0.3) is 0 Å². The van der Waals surface area contributed by atoms with E-state index in [1.165, 1.54) is 0 Å². The summed E-state index contributed by atoms with van der Waals surface area (Å²) in [6.07, 6.45) is 5.28. The maximum absolute atomic E-state index is 13.0. The third-order valence-corrected chi connectivity index (χ3v) is 5.08. The first kappa shape index (κ1) is 17.0. The normalized spacial score (nSPS) is 22.9. The summed E-state index contributed by atoms with van der Waals surface area (Å²) in [7, 11) is 1.88. The number of carbonyl (C=O) groups is 1. The van der Waals surface area contributed by atoms with E-state index in [1.54, 1.807) is 4.68 Å². The van der Waals surface area contributed by atoms with E-state index in [0.29, 0.717) is 26.2 Å². The monoisotopic (exact) mass is 308 g/mol. The lowest BCUT2D eigenvalue weighted by atomic mass is 9.80. The van der Waals surface area contributed by atoms with Crippen molar-refractivity contribution in [2.75, 3.05) is 26.2 Å². The predicted octanol–water partition coefficient (Wildman–Crippen LogP) is 1.26. The lowest BCUT2D eigenvalue weighted by Crippen LogP contribution is -2.56. The highest BCUT2D eigenvalue weighted by Gasteiger charge is 2.42. The van der Waals surface area contributed by atoms with Crippen molar-refractivity contribution in [2.45, 2.75) is 39.2 Å². The molecule has 22 heavy (non-hydrogen) atoms. The number of aromatic nitrogens is 2. The molecule has 0 radical (unpaired) electrons. The second kappa shape index (κ2) is 6.38. The van der Waals surface area contributed by atoms with Crippen molar-refractivity contribution in [3.63, 3.8) is 0 Å². The van der Waals surface area contributed by atoms with E-state index in [0.717, 1.165) is 18.4 Å². The van der Waals surface area contributed by atoms with Crippen LogP contribution in [-0.4, -0.2) is 46.8 Å². The number of ether oxygens (including phenoxy) is 1. The standard InChI is InChI=1S/C16H28N4O2/c1-5-16(6-2,11-17)14(21)20-7-8-22-15(3,12-20)13-9-18-19(4)10-13/h9-10H,5-8,11-12,17H2,1-4H3. The molecule has 1 atom stereocenters. The number of amides is 1. The van der Waals surface area contributed by atoms with Gasteiger partial charge in [-0.05, 0) is 19.8 Å². The molecule has 1 saturated heterocycles. The van der Waals surface area contributed by atoms with Gasteiger partial charge in [0.25, 0.3) is 0 Å². The molecule has 6 heteroatoms. The fraction of sp³-hybridized carbons (Fsp3) is 0.750. The van der Waals surface area contributed by atoms with Crippen LogP contribution in [0.5, 0.6) is 0 Å². The molecule has 0 spiro atoms. The molecule has 6 nitrogen and oxygen atoms in total. The Morgan fingerprint density at radius 2 is 2.18 bits per heavy atom. The zero-order chi connectivity index (χ0) is 16.4. The largest absolute Gasteiger partial charge is 0.367 e. The Kier molecular flexibility index (Phi) is 4.92. The third-order valence-electron chi connectivity index (χ3n) is 5.08. The predicted molar refractivity (Wildman–Crippen MR) is 85.2 cm³/mol. The zero-order valence-corrected chi connectivity index (χ0v) is 14.1. The Labute approximate surface area is 132 Å². The summed E-state index contributed by atoms with van der Waals surface area (Å²) < 4.78 is 7.74. The maximum Gasteiger partial charge on any atom is 0.230 e. The van der Waals surface area contributed by atoms with Crippen LogP contribution in [-0.2, 0) is 22.2 Å². The highest BCUT2D eigenvalue weighted by Crippen LogP contribution is 2.33. The van der Waals surface area contributed by atoms with E-state index in [9.17, 15) is 4.79 Å². The molecule has 1 aromatic heterocycles. The molecule has 0 bridgehead atoms. The molecule has 2 rings (SSSR count). The number of aryl methyl sites for hydroxylation is 1. The highest BCUT2D eigenvalue weighted by molar-refractivity contribution is 5.83. The molecule has 1 aliphatic heterocycles. The van der Waals surface area contributed by atoms with Gasteiger partial charge < -0.3 is 15.4 Å². The lowest BCUT2D eigenvalue weighted by molar-refractivity contribution is -0.159. The average Bonchev–Trinajstić information content (AvgIpc) is 2.97. The minimum atomic E-state index is -0.510. The Morgan fingerprint density at radius 1 is 1.50 bits per heavy atom. The summed E-state index contributed by atoms with van der Waals surface area (Å²) in [6.45, 7) is 8.18. The molecule has 124 valence electrons. The van der Waals surface area contributed by atoms with Gasteiger partial charge >= 0.3 is 0 Å². The molecular formula is C16H28N4O2. The fourth-order valence-corrected chi connectivity index (χ4v) is 3.18. The van der Waals surface area contributed by atoms with Gasteiger partial charge in [-0.3, -0.25) is 9.48 Å². The van der Waals surface area contributed by atoms with Gasteiger partial charge in [0.05, 0.1) is 24.8 Å². The quantitative estimate of drug-likeness (QED) is 0.889. The van der Waals surface area contributed by atoms with Crippen molar-refractivity contribution in [3.8, 4) is 0 Å². The van der Waals surface area contributed by atoms with Gasteiger partial charge in [0.2, 0.25) is 5.91 Å². The van der Waals surface area contributed by atoms with E-state index >= 15 is 0 Å². The van der Waals surface area contributed by atoms with Gasteiger partial charge in [-0.25, -0.2) is 0 Å². The van der Waals surface area contributed by atoms with E-state index in [4.69, 9.17) is 10.5 Å². The first-order valence-electron chi connectivity index (χ1n) is 8.03. The van der Waals surface area contributed by atoms with Crippen LogP contribution in [0.1, 0.15) is 39.2 Å². The molecule has 2 N–H and O–H groups in total. The Morgan fingerprint density at radius 3 is 2.68 bits per heavy atom. The van der Waals surface area contributed by atoms with Crippen LogP contribution in [0.15, 0.2) is 12.4 Å². The highest BCUT2D eigenvalue weighted by atomic mass is 16.5. The molecule has 0 aliphatic carbocycles. The smallest absolute Gasteiger partial charge is 0.230 e. The summed E-state index contributed by atoms with van der Waals surface area (Å²) in [5.41, 5.74) is 5.96. The van der Waals surface area contributed by atoms with Crippen LogP contribution in [0, 0.1) is 5.41 Å². The van der Waals surface area contributed by atoms with Gasteiger partial charge in [0.1, 0.15) is 5.60 Å². The number of hydrogen-bond acceptors (Lipinski definition) is 4. The number of nitrogens with zero attached hydrogens (tertiary/aromatic N) is 3. The van der Waals surface area contributed by atoms with E-state index in [-0.39, 0.29) is 5.91 Å². The van der Waals surface area contributed by atoms with Gasteiger partial charge in [0.15, 0.2) is 0 Å². The molecule has 1 aliphatic rings. The first-order valence-corrected chi connectivity index (χ1v) is 8.03. The second-order valence-corrected chi connectivity index (χ2v) is 6.40. The molecule has 1 aromatic rings. The number of morpholine rings is 1. The van der Waals surface area contributed by atoms with E-state index in [1.807, 2.05) is 45.1 Å². The molecule has 1 amide bonds. The Bertz CT molecular complexity index is 516. The van der Waals surface area contributed by atoms with Crippen LogP contribution < -0.4 is 5.73 Å².